The van der Waals surface area contributed by atoms with Crippen LogP contribution in [0.5, 0.6) is 0 Å². The van der Waals surface area contributed by atoms with Crippen molar-refractivity contribution < 1.29 is 9.59 Å². The van der Waals surface area contributed by atoms with E-state index in [1.165, 1.54) is 25.7 Å². The molecule has 1 atom stereocenters. The number of rotatable bonds is 5. The van der Waals surface area contributed by atoms with Crippen LogP contribution in [0.3, 0.4) is 0 Å². The van der Waals surface area contributed by atoms with Crippen molar-refractivity contribution in [1.82, 2.24) is 15.1 Å². The van der Waals surface area contributed by atoms with Crippen LogP contribution in [0.15, 0.2) is 0 Å². The van der Waals surface area contributed by atoms with E-state index in [2.05, 4.69) is 10.2 Å². The van der Waals surface area contributed by atoms with Gasteiger partial charge in [0.2, 0.25) is 11.8 Å². The van der Waals surface area contributed by atoms with Crippen molar-refractivity contribution in [3.63, 3.8) is 0 Å². The van der Waals surface area contributed by atoms with Crippen molar-refractivity contribution in [2.75, 3.05) is 32.7 Å². The molecule has 2 fully saturated rings. The number of hydrogen-bond acceptors (Lipinski definition) is 4. The van der Waals surface area contributed by atoms with E-state index >= 15 is 0 Å². The summed E-state index contributed by atoms with van der Waals surface area (Å²) in [4.78, 5) is 28.6. The largest absolute Gasteiger partial charge is 0.346 e. The van der Waals surface area contributed by atoms with Gasteiger partial charge in [-0.05, 0) is 25.2 Å². The van der Waals surface area contributed by atoms with Crippen LogP contribution < -0.4 is 11.1 Å². The molecule has 2 aliphatic rings. The fourth-order valence-corrected chi connectivity index (χ4v) is 3.52. The quantitative estimate of drug-likeness (QED) is 0.775. The van der Waals surface area contributed by atoms with Gasteiger partial charge in [-0.15, -0.1) is 0 Å². The van der Waals surface area contributed by atoms with E-state index in [1.54, 1.807) is 0 Å². The predicted molar refractivity (Wildman–Crippen MR) is 90.8 cm³/mol. The lowest BCUT2D eigenvalue weighted by molar-refractivity contribution is -0.133. The van der Waals surface area contributed by atoms with E-state index < -0.39 is 6.04 Å². The molecule has 0 unspecified atom stereocenters. The Morgan fingerprint density at radius 2 is 1.78 bits per heavy atom. The van der Waals surface area contributed by atoms with Crippen molar-refractivity contribution in [3.8, 4) is 0 Å². The molecule has 3 N–H and O–H groups in total. The SMILES string of the molecule is CC(C)[C@H](N)C(=O)NCC(=O)N1CCCN(C2CCCC2)CC1. The van der Waals surface area contributed by atoms with Gasteiger partial charge in [0.15, 0.2) is 0 Å². The summed E-state index contributed by atoms with van der Waals surface area (Å²) in [6, 6.07) is 0.165. The minimum Gasteiger partial charge on any atom is -0.346 e. The Balaban J connectivity index is 1.75. The fraction of sp³-hybridized carbons (Fsp3) is 0.882. The van der Waals surface area contributed by atoms with Gasteiger partial charge in [-0.2, -0.15) is 0 Å². The first-order valence-electron chi connectivity index (χ1n) is 9.04. The van der Waals surface area contributed by atoms with Gasteiger partial charge in [-0.3, -0.25) is 14.5 Å². The molecule has 0 aromatic carbocycles. The molecule has 0 radical (unpaired) electrons. The zero-order chi connectivity index (χ0) is 16.8. The minimum atomic E-state index is -0.551. The molecule has 23 heavy (non-hydrogen) atoms. The van der Waals surface area contributed by atoms with Crippen LogP contribution in [-0.4, -0.2) is 66.4 Å². The standard InChI is InChI=1S/C17H32N4O2/c1-13(2)16(18)17(23)19-12-15(22)21-9-5-8-20(10-11-21)14-6-3-4-7-14/h13-14,16H,3-12,18H2,1-2H3,(H,19,23)/t16-/m0/s1. The number of nitrogens with one attached hydrogen (secondary N) is 1. The summed E-state index contributed by atoms with van der Waals surface area (Å²) in [5, 5.41) is 2.68. The maximum Gasteiger partial charge on any atom is 0.242 e. The monoisotopic (exact) mass is 324 g/mol. The van der Waals surface area contributed by atoms with E-state index in [0.717, 1.165) is 32.6 Å². The first kappa shape index (κ1) is 18.2. The van der Waals surface area contributed by atoms with E-state index in [9.17, 15) is 9.59 Å². The Hall–Kier alpha value is -1.14. The molecule has 2 rings (SSSR count). The lowest BCUT2D eigenvalue weighted by atomic mass is 10.1. The maximum atomic E-state index is 12.3. The molecule has 2 amide bonds. The highest BCUT2D eigenvalue weighted by molar-refractivity contribution is 5.87. The Morgan fingerprint density at radius 3 is 2.43 bits per heavy atom. The van der Waals surface area contributed by atoms with E-state index in [4.69, 9.17) is 5.73 Å². The molecule has 6 heteroatoms. The highest BCUT2D eigenvalue weighted by atomic mass is 16.2. The smallest absolute Gasteiger partial charge is 0.242 e. The van der Waals surface area contributed by atoms with Crippen molar-refractivity contribution in [1.29, 1.82) is 0 Å². The van der Waals surface area contributed by atoms with Crippen LogP contribution in [0.2, 0.25) is 0 Å². The van der Waals surface area contributed by atoms with Crippen molar-refractivity contribution in [2.45, 2.75) is 58.0 Å². The van der Waals surface area contributed by atoms with Crippen LogP contribution in [0, 0.1) is 5.92 Å². The maximum absolute atomic E-state index is 12.3. The summed E-state index contributed by atoms with van der Waals surface area (Å²) in [5.74, 6) is -0.165. The average molecular weight is 324 g/mol. The number of carbonyl (C=O) groups is 2. The molecule has 1 aliphatic carbocycles. The molecule has 1 aliphatic heterocycles. The Morgan fingerprint density at radius 1 is 1.09 bits per heavy atom. The summed E-state index contributed by atoms with van der Waals surface area (Å²) in [7, 11) is 0. The van der Waals surface area contributed by atoms with Crippen molar-refractivity contribution in [3.05, 3.63) is 0 Å². The van der Waals surface area contributed by atoms with Gasteiger partial charge in [-0.1, -0.05) is 26.7 Å². The zero-order valence-corrected chi connectivity index (χ0v) is 14.6. The average Bonchev–Trinajstić information content (AvgIpc) is 2.96. The summed E-state index contributed by atoms with van der Waals surface area (Å²) in [6.07, 6.45) is 6.30. The lowest BCUT2D eigenvalue weighted by Crippen LogP contribution is -2.48. The van der Waals surface area contributed by atoms with Gasteiger partial charge < -0.3 is 16.0 Å². The molecule has 1 saturated carbocycles. The summed E-state index contributed by atoms with van der Waals surface area (Å²) < 4.78 is 0. The fourth-order valence-electron chi connectivity index (χ4n) is 3.52. The molecular weight excluding hydrogens is 292 g/mol. The van der Waals surface area contributed by atoms with Gasteiger partial charge in [-0.25, -0.2) is 0 Å². The third-order valence-corrected chi connectivity index (χ3v) is 5.16. The van der Waals surface area contributed by atoms with Gasteiger partial charge in [0.1, 0.15) is 0 Å². The topological polar surface area (TPSA) is 78.7 Å². The lowest BCUT2D eigenvalue weighted by Gasteiger charge is -2.27. The Kier molecular flexibility index (Phi) is 6.84. The number of nitrogens with zero attached hydrogens (tertiary/aromatic N) is 2. The molecule has 1 saturated heterocycles. The molecular formula is C17H32N4O2. The van der Waals surface area contributed by atoms with Gasteiger partial charge in [0.25, 0.3) is 0 Å². The minimum absolute atomic E-state index is 0.00239. The van der Waals surface area contributed by atoms with Gasteiger partial charge >= 0.3 is 0 Å². The van der Waals surface area contributed by atoms with Crippen LogP contribution >= 0.6 is 0 Å². The first-order valence-corrected chi connectivity index (χ1v) is 9.04. The summed E-state index contributed by atoms with van der Waals surface area (Å²) in [6.45, 7) is 7.45. The highest BCUT2D eigenvalue weighted by Crippen LogP contribution is 2.24. The molecule has 0 bridgehead atoms. The first-order chi connectivity index (χ1) is 11.0. The zero-order valence-electron chi connectivity index (χ0n) is 14.6. The molecule has 6 nitrogen and oxygen atoms in total. The van der Waals surface area contributed by atoms with Crippen LogP contribution in [0.1, 0.15) is 46.0 Å². The van der Waals surface area contributed by atoms with E-state index in [-0.39, 0.29) is 24.3 Å². The second-order valence-electron chi connectivity index (χ2n) is 7.20. The van der Waals surface area contributed by atoms with Gasteiger partial charge in [0.05, 0.1) is 12.6 Å². The van der Waals surface area contributed by atoms with E-state index in [1.807, 2.05) is 18.7 Å². The third kappa shape index (κ3) is 5.18. The molecule has 0 aromatic heterocycles. The van der Waals surface area contributed by atoms with Crippen LogP contribution in [0.4, 0.5) is 0 Å². The summed E-state index contributed by atoms with van der Waals surface area (Å²) >= 11 is 0. The number of amides is 2. The van der Waals surface area contributed by atoms with Crippen LogP contribution in [0.25, 0.3) is 0 Å². The van der Waals surface area contributed by atoms with Crippen molar-refractivity contribution >= 4 is 11.8 Å². The van der Waals surface area contributed by atoms with Crippen LogP contribution in [-0.2, 0) is 9.59 Å². The van der Waals surface area contributed by atoms with E-state index in [0.29, 0.717) is 6.04 Å². The molecule has 0 spiro atoms. The highest BCUT2D eigenvalue weighted by Gasteiger charge is 2.26. The van der Waals surface area contributed by atoms with Crippen molar-refractivity contribution in [2.24, 2.45) is 11.7 Å². The summed E-state index contributed by atoms with van der Waals surface area (Å²) in [5.41, 5.74) is 5.79. The normalized spacial score (nSPS) is 22.2. The second kappa shape index (κ2) is 8.64. The predicted octanol–water partition coefficient (Wildman–Crippen LogP) is 0.563. The number of carbonyl (C=O) groups excluding carboxylic acids is 2. The molecule has 0 aromatic rings. The Bertz CT molecular complexity index is 407. The van der Waals surface area contributed by atoms with Gasteiger partial charge in [0, 0.05) is 32.2 Å². The number of nitrogens with two attached hydrogens (primary N) is 1. The molecule has 1 heterocycles. The molecule has 132 valence electrons. The second-order valence-corrected chi connectivity index (χ2v) is 7.20. The number of hydrogen-bond donors (Lipinski definition) is 2. The Labute approximate surface area is 139 Å². The third-order valence-electron chi connectivity index (χ3n) is 5.16.